The number of carbonyl (C=O) groups excluding carboxylic acids is 1. The molecule has 0 saturated carbocycles. The van der Waals surface area contributed by atoms with Gasteiger partial charge in [0.2, 0.25) is 0 Å². The van der Waals surface area contributed by atoms with E-state index in [1.807, 2.05) is 0 Å². The van der Waals surface area contributed by atoms with Gasteiger partial charge in [-0.1, -0.05) is 23.2 Å². The van der Waals surface area contributed by atoms with Gasteiger partial charge in [0.15, 0.2) is 11.2 Å². The van der Waals surface area contributed by atoms with Crippen molar-refractivity contribution < 1.29 is 4.79 Å². The molecule has 0 aliphatic carbocycles. The Hall–Kier alpha value is -2.78. The van der Waals surface area contributed by atoms with E-state index in [1.54, 1.807) is 18.2 Å². The van der Waals surface area contributed by atoms with Crippen molar-refractivity contribution in [3.63, 3.8) is 0 Å². The van der Waals surface area contributed by atoms with Crippen LogP contribution in [0.5, 0.6) is 0 Å². The molecule has 0 aliphatic rings. The van der Waals surface area contributed by atoms with Crippen LogP contribution in [0.25, 0.3) is 11.2 Å². The third-order valence-electron chi connectivity index (χ3n) is 3.74. The molecule has 2 heterocycles. The molecule has 1 aromatic carbocycles. The minimum absolute atomic E-state index is 0.163. The van der Waals surface area contributed by atoms with Crippen LogP contribution in [-0.2, 0) is 25.4 Å². The Morgan fingerprint density at radius 3 is 2.42 bits per heavy atom. The summed E-state index contributed by atoms with van der Waals surface area (Å²) in [6, 6.07) is 4.74. The molecule has 1 amide bonds. The highest BCUT2D eigenvalue weighted by Crippen LogP contribution is 2.21. The van der Waals surface area contributed by atoms with E-state index in [9.17, 15) is 14.4 Å². The molecule has 9 nitrogen and oxygen atoms in total. The van der Waals surface area contributed by atoms with Crippen LogP contribution < -0.4 is 22.1 Å². The third-order valence-corrected chi connectivity index (χ3v) is 4.18. The van der Waals surface area contributed by atoms with Crippen molar-refractivity contribution >= 4 is 46.0 Å². The predicted molar refractivity (Wildman–Crippen MR) is 98.4 cm³/mol. The summed E-state index contributed by atoms with van der Waals surface area (Å²) < 4.78 is 3.58. The molecule has 0 radical (unpaired) electrons. The van der Waals surface area contributed by atoms with Crippen molar-refractivity contribution in [1.29, 1.82) is 0 Å². The number of carbonyl (C=O) groups is 1. The zero-order valence-corrected chi connectivity index (χ0v) is 15.3. The highest BCUT2D eigenvalue weighted by Gasteiger charge is 2.15. The second kappa shape index (κ2) is 6.85. The molecule has 2 aromatic heterocycles. The van der Waals surface area contributed by atoms with E-state index in [-0.39, 0.29) is 17.7 Å². The molecule has 2 N–H and O–H groups in total. The van der Waals surface area contributed by atoms with E-state index in [0.29, 0.717) is 15.7 Å². The molecule has 0 saturated heterocycles. The number of hydrogen-bond donors (Lipinski definition) is 2. The fourth-order valence-corrected chi connectivity index (χ4v) is 3.01. The number of nitrogens with zero attached hydrogens (tertiary/aromatic N) is 4. The molecule has 0 bridgehead atoms. The normalized spacial score (nSPS) is 10.9. The number of halogens is 2. The summed E-state index contributed by atoms with van der Waals surface area (Å²) in [4.78, 5) is 40.5. The summed E-state index contributed by atoms with van der Waals surface area (Å²) in [5.74, 6) is -0.434. The van der Waals surface area contributed by atoms with Gasteiger partial charge in [0, 0.05) is 24.1 Å². The fraction of sp³-hybridized carbons (Fsp3) is 0.200. The van der Waals surface area contributed by atoms with Crippen LogP contribution in [0.2, 0.25) is 10.0 Å². The number of nitrogens with one attached hydrogen (secondary N) is 2. The number of hydrogen-bond acceptors (Lipinski definition) is 5. The van der Waals surface area contributed by atoms with Crippen LogP contribution >= 0.6 is 23.2 Å². The minimum atomic E-state index is -0.525. The van der Waals surface area contributed by atoms with Crippen molar-refractivity contribution in [1.82, 2.24) is 24.1 Å². The second-order valence-corrected chi connectivity index (χ2v) is 6.45. The molecule has 0 unspecified atom stereocenters. The summed E-state index contributed by atoms with van der Waals surface area (Å²) in [7, 11) is 2.87. The van der Waals surface area contributed by atoms with E-state index < -0.39 is 17.2 Å². The molecular formula is C15H14Cl2N6O3. The molecule has 0 atom stereocenters. The number of aryl methyl sites for hydroxylation is 1. The second-order valence-electron chi connectivity index (χ2n) is 5.58. The maximum absolute atomic E-state index is 12.3. The van der Waals surface area contributed by atoms with Crippen LogP contribution in [0, 0.1) is 0 Å². The van der Waals surface area contributed by atoms with Gasteiger partial charge in [-0.05, 0) is 18.2 Å². The van der Waals surface area contributed by atoms with Crippen LogP contribution in [0.15, 0.2) is 34.1 Å². The average molecular weight is 397 g/mol. The molecule has 0 fully saturated rings. The summed E-state index contributed by atoms with van der Waals surface area (Å²) >= 11 is 11.8. The molecule has 0 aliphatic heterocycles. The molecule has 11 heteroatoms. The maximum atomic E-state index is 12.3. The SMILES string of the molecule is Cn1c(=O)c2c(ncn2CC(=O)NNc2cc(Cl)cc(Cl)c2)n(C)c1=O. The first kappa shape index (κ1) is 18.0. The Labute approximate surface area is 156 Å². The Kier molecular flexibility index (Phi) is 4.75. The number of anilines is 1. The Bertz CT molecular complexity index is 1110. The van der Waals surface area contributed by atoms with Crippen molar-refractivity contribution in [2.24, 2.45) is 14.1 Å². The summed E-state index contributed by atoms with van der Waals surface area (Å²) in [5.41, 5.74) is 5.04. The third kappa shape index (κ3) is 3.31. The van der Waals surface area contributed by atoms with Gasteiger partial charge in [-0.3, -0.25) is 29.6 Å². The number of aromatic nitrogens is 4. The first-order valence-electron chi connectivity index (χ1n) is 7.39. The number of fused-ring (bicyclic) bond motifs is 1. The molecule has 3 aromatic rings. The standard InChI is InChI=1S/C15H14Cl2N6O3/c1-21-13-12(14(25)22(2)15(21)26)23(7-18-13)6-11(24)20-19-10-4-8(16)3-9(17)5-10/h3-5,7,19H,6H2,1-2H3,(H,20,24). The number of rotatable bonds is 4. The van der Waals surface area contributed by atoms with Gasteiger partial charge in [-0.15, -0.1) is 0 Å². The summed E-state index contributed by atoms with van der Waals surface area (Å²) in [5, 5.41) is 0.832. The quantitative estimate of drug-likeness (QED) is 0.637. The molecule has 3 rings (SSSR count). The van der Waals surface area contributed by atoms with Crippen molar-refractivity contribution in [2.45, 2.75) is 6.54 Å². The average Bonchev–Trinajstić information content (AvgIpc) is 2.99. The molecule has 26 heavy (non-hydrogen) atoms. The van der Waals surface area contributed by atoms with Crippen LogP contribution in [0.1, 0.15) is 0 Å². The summed E-state index contributed by atoms with van der Waals surface area (Å²) in [6.07, 6.45) is 1.33. The van der Waals surface area contributed by atoms with E-state index in [0.717, 1.165) is 4.57 Å². The van der Waals surface area contributed by atoms with E-state index in [1.165, 1.54) is 29.6 Å². The van der Waals surface area contributed by atoms with Crippen LogP contribution in [0.3, 0.4) is 0 Å². The van der Waals surface area contributed by atoms with Gasteiger partial charge in [-0.25, -0.2) is 9.78 Å². The first-order chi connectivity index (χ1) is 12.3. The predicted octanol–water partition coefficient (Wildman–Crippen LogP) is 0.884. The maximum Gasteiger partial charge on any atom is 0.332 e. The topological polar surface area (TPSA) is 103 Å². The Morgan fingerprint density at radius 2 is 1.77 bits per heavy atom. The number of hydrazine groups is 1. The van der Waals surface area contributed by atoms with Gasteiger partial charge in [-0.2, -0.15) is 0 Å². The van der Waals surface area contributed by atoms with E-state index >= 15 is 0 Å². The largest absolute Gasteiger partial charge is 0.332 e. The van der Waals surface area contributed by atoms with Gasteiger partial charge in [0.05, 0.1) is 12.0 Å². The van der Waals surface area contributed by atoms with Crippen molar-refractivity contribution in [3.8, 4) is 0 Å². The zero-order valence-electron chi connectivity index (χ0n) is 13.8. The van der Waals surface area contributed by atoms with Gasteiger partial charge in [0.1, 0.15) is 6.54 Å². The van der Waals surface area contributed by atoms with E-state index in [4.69, 9.17) is 23.2 Å². The minimum Gasteiger partial charge on any atom is -0.315 e. The van der Waals surface area contributed by atoms with Crippen LogP contribution in [0.4, 0.5) is 5.69 Å². The lowest BCUT2D eigenvalue weighted by Crippen LogP contribution is -2.38. The van der Waals surface area contributed by atoms with Crippen LogP contribution in [-0.4, -0.2) is 24.6 Å². The fourth-order valence-electron chi connectivity index (χ4n) is 2.48. The highest BCUT2D eigenvalue weighted by molar-refractivity contribution is 6.35. The highest BCUT2D eigenvalue weighted by atomic mass is 35.5. The van der Waals surface area contributed by atoms with Crippen molar-refractivity contribution in [3.05, 3.63) is 55.4 Å². The number of benzene rings is 1. The molecule has 136 valence electrons. The zero-order chi connectivity index (χ0) is 19.0. The lowest BCUT2D eigenvalue weighted by molar-refractivity contribution is -0.121. The van der Waals surface area contributed by atoms with Gasteiger partial charge < -0.3 is 4.57 Å². The Morgan fingerprint density at radius 1 is 1.12 bits per heavy atom. The van der Waals surface area contributed by atoms with Crippen molar-refractivity contribution in [2.75, 3.05) is 5.43 Å². The van der Waals surface area contributed by atoms with Gasteiger partial charge in [0.25, 0.3) is 11.5 Å². The lowest BCUT2D eigenvalue weighted by Gasteiger charge is -2.10. The monoisotopic (exact) mass is 396 g/mol. The number of imidazole rings is 1. The Balaban J connectivity index is 1.82. The molecular weight excluding hydrogens is 383 g/mol. The van der Waals surface area contributed by atoms with Gasteiger partial charge >= 0.3 is 5.69 Å². The smallest absolute Gasteiger partial charge is 0.315 e. The molecule has 0 spiro atoms. The summed E-state index contributed by atoms with van der Waals surface area (Å²) in [6.45, 7) is -0.175. The van der Waals surface area contributed by atoms with E-state index in [2.05, 4.69) is 15.8 Å². The lowest BCUT2D eigenvalue weighted by atomic mass is 10.3. The first-order valence-corrected chi connectivity index (χ1v) is 8.15. The number of amides is 1.